The molecule has 1 heteroatoms. The lowest BCUT2D eigenvalue weighted by Crippen LogP contribution is -2.05. The Kier molecular flexibility index (Phi) is 1.83. The number of hydrogen-bond acceptors (Lipinski definition) is 1. The van der Waals surface area contributed by atoms with Gasteiger partial charge in [-0.1, -0.05) is 0 Å². The standard InChI is InChI=1S/C12H16O/c1-7-5-12-11(6-8(2)13-12)10(4)9(7)3/h5,8H,6H2,1-4H3. The Hall–Kier alpha value is -0.980. The number of rotatable bonds is 0. The zero-order valence-corrected chi connectivity index (χ0v) is 8.77. The van der Waals surface area contributed by atoms with Gasteiger partial charge in [-0.2, -0.15) is 0 Å². The molecule has 0 spiro atoms. The van der Waals surface area contributed by atoms with Crippen molar-refractivity contribution >= 4 is 0 Å². The summed E-state index contributed by atoms with van der Waals surface area (Å²) in [6.07, 6.45) is 1.43. The Balaban J connectivity index is 2.60. The van der Waals surface area contributed by atoms with E-state index in [0.717, 1.165) is 12.2 Å². The molecular weight excluding hydrogens is 160 g/mol. The van der Waals surface area contributed by atoms with Crippen LogP contribution in [-0.2, 0) is 6.42 Å². The van der Waals surface area contributed by atoms with Gasteiger partial charge in [0.05, 0.1) is 0 Å². The molecule has 1 aliphatic heterocycles. The summed E-state index contributed by atoms with van der Waals surface area (Å²) in [5.41, 5.74) is 5.58. The summed E-state index contributed by atoms with van der Waals surface area (Å²) in [5.74, 6) is 1.10. The van der Waals surface area contributed by atoms with Crippen LogP contribution in [0.4, 0.5) is 0 Å². The van der Waals surface area contributed by atoms with Gasteiger partial charge in [-0.3, -0.25) is 0 Å². The molecule has 0 amide bonds. The van der Waals surface area contributed by atoms with Crippen molar-refractivity contribution in [2.75, 3.05) is 0 Å². The molecule has 0 radical (unpaired) electrons. The molecule has 1 aromatic carbocycles. The third-order valence-electron chi connectivity index (χ3n) is 3.07. The molecule has 1 nitrogen and oxygen atoms in total. The second-order valence-electron chi connectivity index (χ2n) is 4.05. The monoisotopic (exact) mass is 176 g/mol. The number of ether oxygens (including phenoxy) is 1. The average molecular weight is 176 g/mol. The van der Waals surface area contributed by atoms with Crippen molar-refractivity contribution in [3.63, 3.8) is 0 Å². The molecule has 0 bridgehead atoms. The molecule has 1 unspecified atom stereocenters. The van der Waals surface area contributed by atoms with Gasteiger partial charge in [0.1, 0.15) is 11.9 Å². The van der Waals surface area contributed by atoms with Gasteiger partial charge in [-0.05, 0) is 50.5 Å². The van der Waals surface area contributed by atoms with E-state index in [1.165, 1.54) is 22.3 Å². The number of aryl methyl sites for hydroxylation is 1. The molecule has 70 valence electrons. The summed E-state index contributed by atoms with van der Waals surface area (Å²) in [7, 11) is 0. The van der Waals surface area contributed by atoms with E-state index in [2.05, 4.69) is 33.8 Å². The largest absolute Gasteiger partial charge is 0.490 e. The van der Waals surface area contributed by atoms with Gasteiger partial charge >= 0.3 is 0 Å². The van der Waals surface area contributed by atoms with Gasteiger partial charge in [0, 0.05) is 12.0 Å². The highest BCUT2D eigenvalue weighted by Gasteiger charge is 2.22. The van der Waals surface area contributed by atoms with E-state index in [0.29, 0.717) is 6.10 Å². The first-order chi connectivity index (χ1) is 6.09. The topological polar surface area (TPSA) is 9.23 Å². The van der Waals surface area contributed by atoms with Gasteiger partial charge in [0.15, 0.2) is 0 Å². The maximum atomic E-state index is 5.72. The summed E-state index contributed by atoms with van der Waals surface area (Å²) in [4.78, 5) is 0. The summed E-state index contributed by atoms with van der Waals surface area (Å²) in [6, 6.07) is 2.17. The van der Waals surface area contributed by atoms with Crippen LogP contribution in [0.3, 0.4) is 0 Å². The molecular formula is C12H16O. The van der Waals surface area contributed by atoms with Crippen LogP contribution in [0.5, 0.6) is 5.75 Å². The van der Waals surface area contributed by atoms with Crippen LogP contribution in [-0.4, -0.2) is 6.10 Å². The van der Waals surface area contributed by atoms with Crippen molar-refractivity contribution in [1.29, 1.82) is 0 Å². The molecule has 0 fully saturated rings. The highest BCUT2D eigenvalue weighted by molar-refractivity contribution is 5.50. The van der Waals surface area contributed by atoms with Crippen molar-refractivity contribution in [3.05, 3.63) is 28.3 Å². The fourth-order valence-corrected chi connectivity index (χ4v) is 2.00. The fraction of sp³-hybridized carbons (Fsp3) is 0.500. The van der Waals surface area contributed by atoms with Crippen LogP contribution >= 0.6 is 0 Å². The van der Waals surface area contributed by atoms with E-state index in [4.69, 9.17) is 4.74 Å². The molecule has 13 heavy (non-hydrogen) atoms. The van der Waals surface area contributed by atoms with Crippen LogP contribution in [0.1, 0.15) is 29.2 Å². The third-order valence-corrected chi connectivity index (χ3v) is 3.07. The van der Waals surface area contributed by atoms with Crippen LogP contribution in [0, 0.1) is 20.8 Å². The lowest BCUT2D eigenvalue weighted by Gasteiger charge is -2.09. The summed E-state index contributed by atoms with van der Waals surface area (Å²) in [6.45, 7) is 8.66. The van der Waals surface area contributed by atoms with Gasteiger partial charge in [-0.25, -0.2) is 0 Å². The summed E-state index contributed by atoms with van der Waals surface area (Å²) >= 11 is 0. The van der Waals surface area contributed by atoms with Crippen molar-refractivity contribution in [2.45, 2.75) is 40.2 Å². The molecule has 0 aliphatic carbocycles. The molecule has 1 aliphatic rings. The van der Waals surface area contributed by atoms with Gasteiger partial charge < -0.3 is 4.74 Å². The maximum Gasteiger partial charge on any atom is 0.123 e. The van der Waals surface area contributed by atoms with Crippen molar-refractivity contribution < 1.29 is 4.74 Å². The minimum atomic E-state index is 0.356. The molecule has 1 aromatic rings. The van der Waals surface area contributed by atoms with Crippen molar-refractivity contribution in [3.8, 4) is 5.75 Å². The number of benzene rings is 1. The lowest BCUT2D eigenvalue weighted by atomic mass is 9.96. The molecule has 0 saturated heterocycles. The molecule has 2 rings (SSSR count). The zero-order chi connectivity index (χ0) is 9.59. The van der Waals surface area contributed by atoms with Crippen LogP contribution < -0.4 is 4.74 Å². The van der Waals surface area contributed by atoms with Gasteiger partial charge in [0.25, 0.3) is 0 Å². The summed E-state index contributed by atoms with van der Waals surface area (Å²) in [5, 5.41) is 0. The van der Waals surface area contributed by atoms with Crippen LogP contribution in [0.15, 0.2) is 6.07 Å². The van der Waals surface area contributed by atoms with E-state index >= 15 is 0 Å². The van der Waals surface area contributed by atoms with E-state index in [1.807, 2.05) is 0 Å². The average Bonchev–Trinajstić information content (AvgIpc) is 2.42. The normalized spacial score (nSPS) is 19.8. The quantitative estimate of drug-likeness (QED) is 0.590. The highest BCUT2D eigenvalue weighted by atomic mass is 16.5. The Morgan fingerprint density at radius 3 is 2.62 bits per heavy atom. The van der Waals surface area contributed by atoms with E-state index in [9.17, 15) is 0 Å². The predicted octanol–water partition coefficient (Wildman–Crippen LogP) is 2.94. The van der Waals surface area contributed by atoms with Crippen molar-refractivity contribution in [1.82, 2.24) is 0 Å². The Morgan fingerprint density at radius 2 is 1.92 bits per heavy atom. The Morgan fingerprint density at radius 1 is 1.23 bits per heavy atom. The second kappa shape index (κ2) is 2.76. The lowest BCUT2D eigenvalue weighted by molar-refractivity contribution is 0.254. The maximum absolute atomic E-state index is 5.72. The minimum Gasteiger partial charge on any atom is -0.490 e. The predicted molar refractivity (Wildman–Crippen MR) is 54.4 cm³/mol. The molecule has 0 N–H and O–H groups in total. The number of hydrogen-bond donors (Lipinski definition) is 0. The highest BCUT2D eigenvalue weighted by Crippen LogP contribution is 2.34. The first-order valence-electron chi connectivity index (χ1n) is 4.86. The van der Waals surface area contributed by atoms with E-state index in [-0.39, 0.29) is 0 Å². The Bertz CT molecular complexity index is 353. The fourth-order valence-electron chi connectivity index (χ4n) is 2.00. The third kappa shape index (κ3) is 1.23. The molecule has 1 atom stereocenters. The number of fused-ring (bicyclic) bond motifs is 1. The van der Waals surface area contributed by atoms with Crippen LogP contribution in [0.25, 0.3) is 0 Å². The molecule has 0 saturated carbocycles. The first-order valence-corrected chi connectivity index (χ1v) is 4.86. The first kappa shape index (κ1) is 8.61. The summed E-state index contributed by atoms with van der Waals surface area (Å²) < 4.78 is 5.72. The van der Waals surface area contributed by atoms with Crippen molar-refractivity contribution in [2.24, 2.45) is 0 Å². The van der Waals surface area contributed by atoms with E-state index < -0.39 is 0 Å². The van der Waals surface area contributed by atoms with Crippen LogP contribution in [0.2, 0.25) is 0 Å². The SMILES string of the molecule is Cc1cc2c(c(C)c1C)CC(C)O2. The molecule has 0 aromatic heterocycles. The van der Waals surface area contributed by atoms with E-state index in [1.54, 1.807) is 0 Å². The zero-order valence-electron chi connectivity index (χ0n) is 8.77. The molecule has 1 heterocycles. The van der Waals surface area contributed by atoms with Gasteiger partial charge in [-0.15, -0.1) is 0 Å². The second-order valence-corrected chi connectivity index (χ2v) is 4.05. The van der Waals surface area contributed by atoms with Gasteiger partial charge in [0.2, 0.25) is 0 Å². The Labute approximate surface area is 79.7 Å². The smallest absolute Gasteiger partial charge is 0.123 e. The minimum absolute atomic E-state index is 0.356.